The van der Waals surface area contributed by atoms with E-state index in [1.807, 2.05) is 59.3 Å². The lowest BCUT2D eigenvalue weighted by Crippen LogP contribution is -2.33. The van der Waals surface area contributed by atoms with Crippen molar-refractivity contribution in [3.63, 3.8) is 0 Å². The lowest BCUT2D eigenvalue weighted by atomic mass is 9.98. The van der Waals surface area contributed by atoms with Crippen molar-refractivity contribution in [3.05, 3.63) is 72.3 Å². The van der Waals surface area contributed by atoms with Crippen LogP contribution in [0.2, 0.25) is 0 Å². The molecule has 35 heavy (non-hydrogen) atoms. The molecule has 7 heteroatoms. The minimum absolute atomic E-state index is 0.00590. The van der Waals surface area contributed by atoms with Crippen molar-refractivity contribution in [2.24, 2.45) is 0 Å². The molecule has 1 fully saturated rings. The second-order valence-corrected chi connectivity index (χ2v) is 9.03. The van der Waals surface area contributed by atoms with Crippen LogP contribution in [-0.2, 0) is 17.8 Å². The summed E-state index contributed by atoms with van der Waals surface area (Å²) in [6.07, 6.45) is 11.1. The second-order valence-electron chi connectivity index (χ2n) is 9.03. The van der Waals surface area contributed by atoms with Crippen LogP contribution in [0.25, 0.3) is 5.69 Å². The first-order valence-corrected chi connectivity index (χ1v) is 12.5. The van der Waals surface area contributed by atoms with E-state index in [-0.39, 0.29) is 12.5 Å². The number of methoxy groups -OCH3 is 1. The number of carbonyl (C=O) groups excluding carboxylic acids is 1. The molecular weight excluding hydrogens is 442 g/mol. The van der Waals surface area contributed by atoms with Gasteiger partial charge in [-0.05, 0) is 74.1 Å². The van der Waals surface area contributed by atoms with Gasteiger partial charge in [0.25, 0.3) is 0 Å². The largest absolute Gasteiger partial charge is 0.497 e. The molecule has 3 aromatic rings. The first-order valence-electron chi connectivity index (χ1n) is 12.5. The number of aromatic nitrogens is 2. The maximum absolute atomic E-state index is 12.9. The predicted molar refractivity (Wildman–Crippen MR) is 135 cm³/mol. The van der Waals surface area contributed by atoms with Gasteiger partial charge in [0.2, 0.25) is 5.91 Å². The molecule has 0 aliphatic heterocycles. The third kappa shape index (κ3) is 7.09. The van der Waals surface area contributed by atoms with Crippen LogP contribution in [0.1, 0.15) is 49.8 Å². The molecule has 0 unspecified atom stereocenters. The molecule has 1 aromatic heterocycles. The molecule has 1 amide bonds. The molecule has 1 saturated carbocycles. The number of aliphatic hydroxyl groups is 1. The maximum Gasteiger partial charge on any atom is 0.223 e. The van der Waals surface area contributed by atoms with E-state index in [2.05, 4.69) is 4.98 Å². The quantitative estimate of drug-likeness (QED) is 0.439. The van der Waals surface area contributed by atoms with Crippen LogP contribution >= 0.6 is 0 Å². The first-order chi connectivity index (χ1) is 17.1. The number of benzene rings is 2. The summed E-state index contributed by atoms with van der Waals surface area (Å²) in [6, 6.07) is 15.7. The molecule has 0 spiro atoms. The van der Waals surface area contributed by atoms with Crippen LogP contribution in [0.4, 0.5) is 0 Å². The van der Waals surface area contributed by atoms with Crippen molar-refractivity contribution < 1.29 is 19.4 Å². The van der Waals surface area contributed by atoms with Gasteiger partial charge < -0.3 is 24.0 Å². The summed E-state index contributed by atoms with van der Waals surface area (Å²) >= 11 is 0. The van der Waals surface area contributed by atoms with E-state index in [9.17, 15) is 9.90 Å². The number of hydrogen-bond acceptors (Lipinski definition) is 5. The summed E-state index contributed by atoms with van der Waals surface area (Å²) in [4.78, 5) is 19.0. The van der Waals surface area contributed by atoms with E-state index in [1.165, 1.54) is 19.3 Å². The fraction of sp³-hybridized carbons (Fsp3) is 0.429. The Morgan fingerprint density at radius 2 is 1.77 bits per heavy atom. The highest BCUT2D eigenvalue weighted by atomic mass is 16.5. The summed E-state index contributed by atoms with van der Waals surface area (Å²) in [5, 5.41) is 9.43. The number of hydrogen-bond donors (Lipinski definition) is 1. The summed E-state index contributed by atoms with van der Waals surface area (Å²) in [5.41, 5.74) is 2.86. The average Bonchev–Trinajstić information content (AvgIpc) is 3.37. The Balaban J connectivity index is 1.30. The van der Waals surface area contributed by atoms with Crippen molar-refractivity contribution in [1.29, 1.82) is 0 Å². The number of aliphatic hydroxyl groups excluding tert-OH is 1. The highest BCUT2D eigenvalue weighted by Crippen LogP contribution is 2.24. The Morgan fingerprint density at radius 3 is 2.46 bits per heavy atom. The van der Waals surface area contributed by atoms with Crippen LogP contribution in [0.15, 0.2) is 61.1 Å². The molecule has 1 N–H and O–H groups in total. The van der Waals surface area contributed by atoms with Gasteiger partial charge in [-0.25, -0.2) is 4.98 Å². The third-order valence-electron chi connectivity index (χ3n) is 6.48. The van der Waals surface area contributed by atoms with E-state index in [4.69, 9.17) is 9.47 Å². The number of ether oxygens (including phenoxy) is 2. The highest BCUT2D eigenvalue weighted by molar-refractivity contribution is 5.76. The molecule has 7 nitrogen and oxygen atoms in total. The SMILES string of the molecule is COc1ccc(CN(CCO)C(=O)CCc2cn(-c3ccc(OC4CCCCC4)cc3)cn2)cc1. The zero-order valence-corrected chi connectivity index (χ0v) is 20.4. The Kier molecular flexibility index (Phi) is 8.79. The highest BCUT2D eigenvalue weighted by Gasteiger charge is 2.16. The van der Waals surface area contributed by atoms with Crippen molar-refractivity contribution >= 4 is 5.91 Å². The molecule has 0 atom stereocenters. The van der Waals surface area contributed by atoms with Gasteiger partial charge in [-0.15, -0.1) is 0 Å². The average molecular weight is 478 g/mol. The molecule has 1 aliphatic rings. The fourth-order valence-corrected chi connectivity index (χ4v) is 4.46. The zero-order chi connectivity index (χ0) is 24.5. The minimum Gasteiger partial charge on any atom is -0.497 e. The summed E-state index contributed by atoms with van der Waals surface area (Å²) < 4.78 is 13.3. The van der Waals surface area contributed by atoms with Gasteiger partial charge in [0, 0.05) is 31.4 Å². The number of aryl methyl sites for hydroxylation is 1. The van der Waals surface area contributed by atoms with E-state index in [1.54, 1.807) is 18.3 Å². The number of amides is 1. The summed E-state index contributed by atoms with van der Waals surface area (Å²) in [6.45, 7) is 0.679. The standard InChI is InChI=1S/C28H35N3O4/c1-34-25-12-7-22(8-13-25)19-30(17-18-32)28(33)16-9-23-20-31(21-29-23)24-10-14-27(15-11-24)35-26-5-3-2-4-6-26/h7-8,10-15,20-21,26,32H,2-6,9,16-19H2,1H3. The van der Waals surface area contributed by atoms with E-state index >= 15 is 0 Å². The zero-order valence-electron chi connectivity index (χ0n) is 20.4. The van der Waals surface area contributed by atoms with Gasteiger partial charge in [0.1, 0.15) is 11.5 Å². The smallest absolute Gasteiger partial charge is 0.223 e. The van der Waals surface area contributed by atoms with E-state index < -0.39 is 0 Å². The second kappa shape index (κ2) is 12.4. The first kappa shape index (κ1) is 24.8. The Labute approximate surface area is 207 Å². The molecule has 4 rings (SSSR count). The van der Waals surface area contributed by atoms with Gasteiger partial charge in [0.15, 0.2) is 0 Å². The van der Waals surface area contributed by atoms with Crippen LogP contribution in [-0.4, -0.2) is 51.8 Å². The van der Waals surface area contributed by atoms with Crippen molar-refractivity contribution in [2.45, 2.75) is 57.6 Å². The van der Waals surface area contributed by atoms with Gasteiger partial charge in [-0.2, -0.15) is 0 Å². The maximum atomic E-state index is 12.9. The monoisotopic (exact) mass is 477 g/mol. The lowest BCUT2D eigenvalue weighted by Gasteiger charge is -2.23. The van der Waals surface area contributed by atoms with Gasteiger partial charge in [-0.1, -0.05) is 18.6 Å². The lowest BCUT2D eigenvalue weighted by molar-refractivity contribution is -0.132. The molecule has 1 heterocycles. The van der Waals surface area contributed by atoms with E-state index in [0.717, 1.165) is 41.3 Å². The van der Waals surface area contributed by atoms with Crippen LogP contribution in [0.3, 0.4) is 0 Å². The van der Waals surface area contributed by atoms with Crippen molar-refractivity contribution in [3.8, 4) is 17.2 Å². The molecule has 0 saturated heterocycles. The Hall–Kier alpha value is -3.32. The third-order valence-corrected chi connectivity index (χ3v) is 6.48. The number of nitrogens with zero attached hydrogens (tertiary/aromatic N) is 3. The Bertz CT molecular complexity index is 1060. The topological polar surface area (TPSA) is 76.8 Å². The Morgan fingerprint density at radius 1 is 1.06 bits per heavy atom. The minimum atomic E-state index is -0.0724. The summed E-state index contributed by atoms with van der Waals surface area (Å²) in [7, 11) is 1.62. The molecule has 186 valence electrons. The molecule has 0 radical (unpaired) electrons. The fourth-order valence-electron chi connectivity index (χ4n) is 4.46. The van der Waals surface area contributed by atoms with Crippen molar-refractivity contribution in [1.82, 2.24) is 14.5 Å². The van der Waals surface area contributed by atoms with Crippen LogP contribution in [0.5, 0.6) is 11.5 Å². The number of imidazole rings is 1. The van der Waals surface area contributed by atoms with Gasteiger partial charge in [0.05, 0.1) is 31.8 Å². The van der Waals surface area contributed by atoms with Gasteiger partial charge in [-0.3, -0.25) is 4.79 Å². The summed E-state index contributed by atoms with van der Waals surface area (Å²) in [5.74, 6) is 1.68. The number of rotatable bonds is 11. The molecular formula is C28H35N3O4. The van der Waals surface area contributed by atoms with E-state index in [0.29, 0.717) is 32.0 Å². The predicted octanol–water partition coefficient (Wildman–Crippen LogP) is 4.55. The van der Waals surface area contributed by atoms with Gasteiger partial charge >= 0.3 is 0 Å². The van der Waals surface area contributed by atoms with Crippen molar-refractivity contribution in [2.75, 3.05) is 20.3 Å². The van der Waals surface area contributed by atoms with Crippen LogP contribution in [0, 0.1) is 0 Å². The normalized spacial score (nSPS) is 14.0. The van der Waals surface area contributed by atoms with Crippen LogP contribution < -0.4 is 9.47 Å². The number of carbonyl (C=O) groups is 1. The molecule has 1 aliphatic carbocycles. The molecule has 2 aromatic carbocycles. The molecule has 0 bridgehead atoms.